The van der Waals surface area contributed by atoms with Gasteiger partial charge in [-0.05, 0) is 23.8 Å². The van der Waals surface area contributed by atoms with Crippen molar-refractivity contribution in [2.24, 2.45) is 0 Å². The molecule has 1 amide bonds. The molecule has 0 radical (unpaired) electrons. The van der Waals surface area contributed by atoms with Crippen LogP contribution in [-0.2, 0) is 9.59 Å². The molecule has 0 saturated carbocycles. The second-order valence-corrected chi connectivity index (χ2v) is 5.93. The Bertz CT molecular complexity index is 671. The number of methoxy groups -OCH3 is 2. The van der Waals surface area contributed by atoms with Crippen LogP contribution in [-0.4, -0.2) is 41.9 Å². The predicted molar refractivity (Wildman–Crippen MR) is 84.4 cm³/mol. The van der Waals surface area contributed by atoms with Crippen LogP contribution >= 0.6 is 24.0 Å². The first-order valence-electron chi connectivity index (χ1n) is 6.13. The molecular formula is C14H12NO5S2-. The highest BCUT2D eigenvalue weighted by molar-refractivity contribution is 8.26. The van der Waals surface area contributed by atoms with E-state index in [1.807, 2.05) is 0 Å². The van der Waals surface area contributed by atoms with Gasteiger partial charge in [0, 0.05) is 0 Å². The van der Waals surface area contributed by atoms with Crippen molar-refractivity contribution in [2.45, 2.75) is 0 Å². The molecule has 0 spiro atoms. The van der Waals surface area contributed by atoms with Gasteiger partial charge >= 0.3 is 0 Å². The lowest BCUT2D eigenvalue weighted by atomic mass is 10.2. The molecule has 1 aromatic carbocycles. The highest BCUT2D eigenvalue weighted by Gasteiger charge is 2.31. The number of thiocarbonyl (C=S) groups is 1. The van der Waals surface area contributed by atoms with Gasteiger partial charge in [-0.3, -0.25) is 9.69 Å². The van der Waals surface area contributed by atoms with Crippen LogP contribution in [0.3, 0.4) is 0 Å². The molecule has 0 N–H and O–H groups in total. The van der Waals surface area contributed by atoms with E-state index in [4.69, 9.17) is 21.7 Å². The van der Waals surface area contributed by atoms with Crippen molar-refractivity contribution in [3.05, 3.63) is 28.7 Å². The number of carbonyl (C=O) groups is 2. The number of hydrogen-bond donors (Lipinski definition) is 0. The number of amides is 1. The maximum atomic E-state index is 12.1. The van der Waals surface area contributed by atoms with Crippen LogP contribution in [0, 0.1) is 0 Å². The third-order valence-corrected chi connectivity index (χ3v) is 4.24. The van der Waals surface area contributed by atoms with E-state index in [1.165, 1.54) is 14.2 Å². The number of nitrogens with zero attached hydrogens (tertiary/aromatic N) is 1. The maximum absolute atomic E-state index is 12.1. The zero-order valence-electron chi connectivity index (χ0n) is 11.8. The van der Waals surface area contributed by atoms with Crippen LogP contribution in [0.4, 0.5) is 0 Å². The third-order valence-electron chi connectivity index (χ3n) is 2.87. The number of benzene rings is 1. The van der Waals surface area contributed by atoms with Gasteiger partial charge in [-0.15, -0.1) is 0 Å². The molecule has 116 valence electrons. The summed E-state index contributed by atoms with van der Waals surface area (Å²) in [6.45, 7) is -0.548. The Morgan fingerprint density at radius 3 is 2.64 bits per heavy atom. The van der Waals surface area contributed by atoms with Crippen LogP contribution in [0.15, 0.2) is 23.1 Å². The molecule has 0 aromatic heterocycles. The summed E-state index contributed by atoms with van der Waals surface area (Å²) in [6, 6.07) is 5.18. The van der Waals surface area contributed by atoms with Crippen molar-refractivity contribution in [2.75, 3.05) is 20.8 Å². The molecule has 1 fully saturated rings. The Morgan fingerprint density at radius 2 is 2.05 bits per heavy atom. The van der Waals surface area contributed by atoms with Gasteiger partial charge < -0.3 is 19.4 Å². The molecule has 0 unspecified atom stereocenters. The lowest BCUT2D eigenvalue weighted by Gasteiger charge is -2.14. The van der Waals surface area contributed by atoms with Gasteiger partial charge in [0.25, 0.3) is 5.91 Å². The summed E-state index contributed by atoms with van der Waals surface area (Å²) in [6.07, 6.45) is 1.62. The van der Waals surface area contributed by atoms with Crippen molar-refractivity contribution in [3.63, 3.8) is 0 Å². The molecule has 1 aromatic rings. The second-order valence-electron chi connectivity index (χ2n) is 4.25. The normalized spacial score (nSPS) is 16.3. The fraction of sp³-hybridized carbons (Fsp3) is 0.214. The number of aliphatic carboxylic acids is 1. The molecule has 8 heteroatoms. The number of hydrogen-bond acceptors (Lipinski definition) is 7. The lowest BCUT2D eigenvalue weighted by Crippen LogP contribution is -2.40. The van der Waals surface area contributed by atoms with Crippen molar-refractivity contribution in [3.8, 4) is 11.5 Å². The fourth-order valence-electron chi connectivity index (χ4n) is 1.86. The predicted octanol–water partition coefficient (Wildman–Crippen LogP) is 0.655. The monoisotopic (exact) mass is 338 g/mol. The standard InChI is InChI=1S/C14H13NO5S2/c1-19-9-4-3-8(5-10(9)20-2)6-11-13(18)15(7-12(16)17)14(21)22-11/h3-6H,7H2,1-2H3,(H,16,17)/p-1/b11-6+. The van der Waals surface area contributed by atoms with Crippen LogP contribution in [0.25, 0.3) is 6.08 Å². The fourth-order valence-corrected chi connectivity index (χ4v) is 3.11. The largest absolute Gasteiger partial charge is 0.548 e. The smallest absolute Gasteiger partial charge is 0.266 e. The Balaban J connectivity index is 2.28. The van der Waals surface area contributed by atoms with Crippen molar-refractivity contribution in [1.29, 1.82) is 0 Å². The van der Waals surface area contributed by atoms with Crippen LogP contribution in [0.2, 0.25) is 0 Å². The first kappa shape index (κ1) is 16.3. The minimum Gasteiger partial charge on any atom is -0.548 e. The van der Waals surface area contributed by atoms with E-state index < -0.39 is 18.4 Å². The molecule has 2 rings (SSSR count). The molecule has 22 heavy (non-hydrogen) atoms. The highest BCUT2D eigenvalue weighted by Crippen LogP contribution is 2.34. The topological polar surface area (TPSA) is 78.9 Å². The summed E-state index contributed by atoms with van der Waals surface area (Å²) in [7, 11) is 3.05. The SMILES string of the molecule is COc1ccc(/C=C2/SC(=S)N(CC(=O)[O-])C2=O)cc1OC. The van der Waals surface area contributed by atoms with Crippen molar-refractivity contribution in [1.82, 2.24) is 4.90 Å². The number of carboxylic acid groups (broad SMARTS) is 1. The van der Waals surface area contributed by atoms with Crippen LogP contribution in [0.5, 0.6) is 11.5 Å². The average Bonchev–Trinajstić information content (AvgIpc) is 2.74. The Labute approximate surface area is 136 Å². The molecule has 1 heterocycles. The number of carbonyl (C=O) groups excluding carboxylic acids is 2. The summed E-state index contributed by atoms with van der Waals surface area (Å²) in [5, 5.41) is 10.6. The summed E-state index contributed by atoms with van der Waals surface area (Å²) in [4.78, 5) is 24.1. The van der Waals surface area contributed by atoms with Crippen LogP contribution in [0.1, 0.15) is 5.56 Å². The molecule has 1 aliphatic heterocycles. The summed E-state index contributed by atoms with van der Waals surface area (Å²) in [5.74, 6) is -0.705. The molecule has 1 saturated heterocycles. The van der Waals surface area contributed by atoms with E-state index in [0.29, 0.717) is 22.0 Å². The van der Waals surface area contributed by atoms with Crippen molar-refractivity contribution < 1.29 is 24.2 Å². The van der Waals surface area contributed by atoms with E-state index in [-0.39, 0.29) is 4.32 Å². The highest BCUT2D eigenvalue weighted by atomic mass is 32.2. The average molecular weight is 338 g/mol. The summed E-state index contributed by atoms with van der Waals surface area (Å²) >= 11 is 6.06. The maximum Gasteiger partial charge on any atom is 0.266 e. The Morgan fingerprint density at radius 1 is 1.36 bits per heavy atom. The minimum absolute atomic E-state index is 0.195. The zero-order chi connectivity index (χ0) is 16.3. The second kappa shape index (κ2) is 6.80. The van der Waals surface area contributed by atoms with Crippen molar-refractivity contribution >= 4 is 46.3 Å². The minimum atomic E-state index is -1.36. The van der Waals surface area contributed by atoms with E-state index in [9.17, 15) is 14.7 Å². The molecule has 0 atom stereocenters. The summed E-state index contributed by atoms with van der Waals surface area (Å²) in [5.41, 5.74) is 0.714. The van der Waals surface area contributed by atoms with E-state index >= 15 is 0 Å². The molecule has 6 nitrogen and oxygen atoms in total. The number of rotatable bonds is 5. The molecule has 1 aliphatic rings. The number of ether oxygens (including phenoxy) is 2. The number of carboxylic acids is 1. The van der Waals surface area contributed by atoms with Gasteiger partial charge in [-0.25, -0.2) is 0 Å². The van der Waals surface area contributed by atoms with E-state index in [0.717, 1.165) is 16.7 Å². The third kappa shape index (κ3) is 3.40. The van der Waals surface area contributed by atoms with Crippen LogP contribution < -0.4 is 14.6 Å². The summed E-state index contributed by atoms with van der Waals surface area (Å²) < 4.78 is 10.5. The van der Waals surface area contributed by atoms with Gasteiger partial charge in [0.1, 0.15) is 4.32 Å². The van der Waals surface area contributed by atoms with Gasteiger partial charge in [0.2, 0.25) is 0 Å². The lowest BCUT2D eigenvalue weighted by molar-refractivity contribution is -0.305. The van der Waals surface area contributed by atoms with E-state index in [1.54, 1.807) is 24.3 Å². The van der Waals surface area contributed by atoms with Gasteiger partial charge in [0.15, 0.2) is 11.5 Å². The van der Waals surface area contributed by atoms with Gasteiger partial charge in [-0.2, -0.15) is 0 Å². The number of thioether (sulfide) groups is 1. The van der Waals surface area contributed by atoms with E-state index in [2.05, 4.69) is 0 Å². The Kier molecular flexibility index (Phi) is 5.04. The molecule has 0 bridgehead atoms. The molecular weight excluding hydrogens is 326 g/mol. The first-order valence-corrected chi connectivity index (χ1v) is 7.36. The quantitative estimate of drug-likeness (QED) is 0.576. The van der Waals surface area contributed by atoms with Gasteiger partial charge in [0.05, 0.1) is 31.6 Å². The zero-order valence-corrected chi connectivity index (χ0v) is 13.5. The van der Waals surface area contributed by atoms with Gasteiger partial charge in [-0.1, -0.05) is 30.0 Å². The Hall–Kier alpha value is -2.06. The first-order chi connectivity index (χ1) is 10.5. The molecule has 0 aliphatic carbocycles.